The number of carbonyl (C=O) groups is 3. The quantitative estimate of drug-likeness (QED) is 0.394. The summed E-state index contributed by atoms with van der Waals surface area (Å²) in [7, 11) is 1.57. The molecule has 0 saturated carbocycles. The van der Waals surface area contributed by atoms with Crippen molar-refractivity contribution in [2.45, 2.75) is 71.7 Å². The first-order chi connectivity index (χ1) is 19.2. The van der Waals surface area contributed by atoms with Crippen LogP contribution < -0.4 is 20.1 Å². The average Bonchev–Trinajstić information content (AvgIpc) is 3.55. The maximum Gasteiger partial charge on any atom is 0.326 e. The van der Waals surface area contributed by atoms with Crippen LogP contribution in [0.2, 0.25) is 0 Å². The third-order valence-corrected chi connectivity index (χ3v) is 6.71. The van der Waals surface area contributed by atoms with Crippen LogP contribution in [0.1, 0.15) is 48.0 Å². The number of pyridine rings is 1. The monoisotopic (exact) mass is 566 g/mol. The summed E-state index contributed by atoms with van der Waals surface area (Å²) in [5, 5.41) is 20.6. The first-order valence-electron chi connectivity index (χ1n) is 13.4. The fourth-order valence-corrected chi connectivity index (χ4v) is 4.77. The van der Waals surface area contributed by atoms with Crippen molar-refractivity contribution >= 4 is 28.8 Å². The second-order valence-electron chi connectivity index (χ2n) is 12.3. The van der Waals surface area contributed by atoms with Crippen molar-refractivity contribution in [3.05, 3.63) is 42.7 Å². The zero-order chi connectivity index (χ0) is 30.1. The molecule has 3 heterocycles. The number of fused-ring (bicyclic) bond motifs is 1. The van der Waals surface area contributed by atoms with Gasteiger partial charge in [-0.25, -0.2) is 19.3 Å². The second kappa shape index (κ2) is 11.3. The Morgan fingerprint density at radius 3 is 2.44 bits per heavy atom. The predicted octanol–water partition coefficient (Wildman–Crippen LogP) is 3.37. The number of likely N-dealkylation sites (tertiary alicyclic amines) is 1. The SMILES string of the molecule is COc1ccc2c(OC3CC(C(=O)O)N(C(=O)C(NC(=O)NC(C)(C)C)C(C)(C)C)C3)cc(-n3cccn3)nc2c1. The molecule has 1 aliphatic heterocycles. The van der Waals surface area contributed by atoms with E-state index < -0.39 is 47.0 Å². The number of nitrogens with one attached hydrogen (secondary N) is 2. The molecule has 3 aromatic rings. The van der Waals surface area contributed by atoms with E-state index >= 15 is 0 Å². The molecule has 3 amide bonds. The maximum atomic E-state index is 13.8. The van der Waals surface area contributed by atoms with Gasteiger partial charge in [-0.2, -0.15) is 5.10 Å². The van der Waals surface area contributed by atoms with E-state index in [-0.39, 0.29) is 13.0 Å². The van der Waals surface area contributed by atoms with Gasteiger partial charge in [0.15, 0.2) is 5.82 Å². The Labute approximate surface area is 239 Å². The lowest BCUT2D eigenvalue weighted by atomic mass is 9.85. The summed E-state index contributed by atoms with van der Waals surface area (Å²) in [4.78, 5) is 44.8. The molecule has 12 nitrogen and oxygen atoms in total. The number of benzene rings is 1. The first kappa shape index (κ1) is 29.6. The molecule has 1 aliphatic rings. The number of rotatable bonds is 7. The number of aliphatic carboxylic acids is 1. The smallest absolute Gasteiger partial charge is 0.326 e. The number of carbonyl (C=O) groups excluding carboxylic acids is 2. The molecule has 220 valence electrons. The van der Waals surface area contributed by atoms with Gasteiger partial charge in [-0.1, -0.05) is 20.8 Å². The topological polar surface area (TPSA) is 148 Å². The Morgan fingerprint density at radius 1 is 1.12 bits per heavy atom. The number of methoxy groups -OCH3 is 1. The average molecular weight is 567 g/mol. The molecule has 1 saturated heterocycles. The van der Waals surface area contributed by atoms with Gasteiger partial charge in [-0.05, 0) is 44.4 Å². The van der Waals surface area contributed by atoms with Crippen LogP contribution in [-0.2, 0) is 9.59 Å². The number of hydrogen-bond donors (Lipinski definition) is 3. The molecule has 12 heteroatoms. The van der Waals surface area contributed by atoms with Gasteiger partial charge in [0.25, 0.3) is 0 Å². The van der Waals surface area contributed by atoms with Gasteiger partial charge < -0.3 is 30.1 Å². The molecule has 3 atom stereocenters. The minimum atomic E-state index is -1.14. The van der Waals surface area contributed by atoms with Crippen LogP contribution in [0.25, 0.3) is 16.7 Å². The second-order valence-corrected chi connectivity index (χ2v) is 12.3. The van der Waals surface area contributed by atoms with Gasteiger partial charge in [-0.3, -0.25) is 4.79 Å². The number of aromatic nitrogens is 3. The van der Waals surface area contributed by atoms with E-state index in [1.54, 1.807) is 48.5 Å². The van der Waals surface area contributed by atoms with E-state index in [0.717, 1.165) is 0 Å². The van der Waals surface area contributed by atoms with E-state index in [2.05, 4.69) is 20.7 Å². The summed E-state index contributed by atoms with van der Waals surface area (Å²) in [6.07, 6.45) is 2.84. The Hall–Kier alpha value is -4.35. The third kappa shape index (κ3) is 6.87. The summed E-state index contributed by atoms with van der Waals surface area (Å²) < 4.78 is 13.4. The normalized spacial score (nSPS) is 18.2. The highest BCUT2D eigenvalue weighted by molar-refractivity contribution is 5.91. The van der Waals surface area contributed by atoms with E-state index in [1.165, 1.54) is 4.90 Å². The summed E-state index contributed by atoms with van der Waals surface area (Å²) >= 11 is 0. The van der Waals surface area contributed by atoms with Gasteiger partial charge in [0, 0.05) is 41.9 Å². The molecule has 4 rings (SSSR count). The van der Waals surface area contributed by atoms with Crippen molar-refractivity contribution in [1.29, 1.82) is 0 Å². The molecular weight excluding hydrogens is 528 g/mol. The van der Waals surface area contributed by atoms with Crippen LogP contribution in [0.4, 0.5) is 4.79 Å². The van der Waals surface area contributed by atoms with Gasteiger partial charge in [0.1, 0.15) is 29.7 Å². The lowest BCUT2D eigenvalue weighted by molar-refractivity contribution is -0.150. The molecule has 1 fully saturated rings. The number of urea groups is 1. The summed E-state index contributed by atoms with van der Waals surface area (Å²) in [5.74, 6) is -0.0252. The van der Waals surface area contributed by atoms with E-state index in [0.29, 0.717) is 28.2 Å². The molecule has 0 radical (unpaired) electrons. The number of hydrogen-bond acceptors (Lipinski definition) is 7. The Bertz CT molecular complexity index is 1430. The lowest BCUT2D eigenvalue weighted by Crippen LogP contribution is -2.60. The molecule has 3 N–H and O–H groups in total. The summed E-state index contributed by atoms with van der Waals surface area (Å²) in [6, 6.07) is 6.31. The summed E-state index contributed by atoms with van der Waals surface area (Å²) in [6.45, 7) is 11.0. The zero-order valence-corrected chi connectivity index (χ0v) is 24.5. The minimum Gasteiger partial charge on any atom is -0.497 e. The number of ether oxygens (including phenoxy) is 2. The zero-order valence-electron chi connectivity index (χ0n) is 24.5. The van der Waals surface area contributed by atoms with Gasteiger partial charge >= 0.3 is 12.0 Å². The number of carboxylic acid groups (broad SMARTS) is 1. The molecule has 0 spiro atoms. The standard InChI is InChI=1S/C29H38N6O6/c1-28(2,3)24(32-27(39)33-29(4,5)6)25(36)34-16-18(14-21(34)26(37)38)41-22-15-23(35-12-8-11-30-35)31-20-13-17(40-7)9-10-19(20)22/h8-13,15,18,21,24H,14,16H2,1-7H3,(H,37,38)(H2,32,33,39). The van der Waals surface area contributed by atoms with Crippen LogP contribution in [0.3, 0.4) is 0 Å². The summed E-state index contributed by atoms with van der Waals surface area (Å²) in [5.41, 5.74) is -0.597. The predicted molar refractivity (Wildman–Crippen MR) is 152 cm³/mol. The van der Waals surface area contributed by atoms with Crippen LogP contribution in [0, 0.1) is 5.41 Å². The molecular formula is C29H38N6O6. The lowest BCUT2D eigenvalue weighted by Gasteiger charge is -2.35. The van der Waals surface area contributed by atoms with Gasteiger partial charge in [0.05, 0.1) is 19.2 Å². The minimum absolute atomic E-state index is 0.0298. The number of nitrogens with zero attached hydrogens (tertiary/aromatic N) is 4. The van der Waals surface area contributed by atoms with Gasteiger partial charge in [0.2, 0.25) is 5.91 Å². The van der Waals surface area contributed by atoms with Gasteiger partial charge in [-0.15, -0.1) is 0 Å². The fourth-order valence-electron chi connectivity index (χ4n) is 4.77. The van der Waals surface area contributed by atoms with Crippen molar-refractivity contribution in [2.24, 2.45) is 5.41 Å². The van der Waals surface area contributed by atoms with E-state index in [1.807, 2.05) is 47.6 Å². The Balaban J connectivity index is 1.63. The molecule has 0 bridgehead atoms. The Kier molecular flexibility index (Phi) is 8.14. The highest BCUT2D eigenvalue weighted by Crippen LogP contribution is 2.33. The Morgan fingerprint density at radius 2 is 1.85 bits per heavy atom. The largest absolute Gasteiger partial charge is 0.497 e. The maximum absolute atomic E-state index is 13.8. The van der Waals surface area contributed by atoms with Crippen molar-refractivity contribution < 1.29 is 29.0 Å². The molecule has 1 aromatic carbocycles. The molecule has 0 aliphatic carbocycles. The third-order valence-electron chi connectivity index (χ3n) is 6.71. The van der Waals surface area contributed by atoms with Crippen LogP contribution in [-0.4, -0.2) is 80.1 Å². The highest BCUT2D eigenvalue weighted by Gasteiger charge is 2.46. The first-order valence-corrected chi connectivity index (χ1v) is 13.4. The van der Waals surface area contributed by atoms with Crippen LogP contribution in [0.15, 0.2) is 42.7 Å². The molecule has 2 aromatic heterocycles. The van der Waals surface area contributed by atoms with Crippen molar-refractivity contribution in [1.82, 2.24) is 30.3 Å². The number of carboxylic acids is 1. The van der Waals surface area contributed by atoms with Crippen LogP contribution >= 0.6 is 0 Å². The van der Waals surface area contributed by atoms with Crippen LogP contribution in [0.5, 0.6) is 11.5 Å². The highest BCUT2D eigenvalue weighted by atomic mass is 16.5. The van der Waals surface area contributed by atoms with Crippen molar-refractivity contribution in [3.63, 3.8) is 0 Å². The van der Waals surface area contributed by atoms with Crippen molar-refractivity contribution in [2.75, 3.05) is 13.7 Å². The number of amides is 3. The van der Waals surface area contributed by atoms with E-state index in [9.17, 15) is 19.5 Å². The van der Waals surface area contributed by atoms with Crippen molar-refractivity contribution in [3.8, 4) is 17.3 Å². The fraction of sp³-hybridized carbons (Fsp3) is 0.483. The molecule has 3 unspecified atom stereocenters. The molecule has 41 heavy (non-hydrogen) atoms. The van der Waals surface area contributed by atoms with E-state index in [4.69, 9.17) is 9.47 Å².